The lowest BCUT2D eigenvalue weighted by molar-refractivity contribution is -0.527. The summed E-state index contributed by atoms with van der Waals surface area (Å²) in [6.07, 6.45) is 75.1. The largest absolute Gasteiger partial charge is 0.506 e. The zero-order valence-corrected chi connectivity index (χ0v) is 58.9. The predicted octanol–water partition coefficient (Wildman–Crippen LogP) is 26.0. The van der Waals surface area contributed by atoms with Crippen molar-refractivity contribution in [2.24, 2.45) is 10.2 Å². The topological polar surface area (TPSA) is 97.4 Å². The summed E-state index contributed by atoms with van der Waals surface area (Å²) >= 11 is 1.44. The van der Waals surface area contributed by atoms with Crippen LogP contribution in [-0.4, -0.2) is 52.7 Å². The van der Waals surface area contributed by atoms with Gasteiger partial charge in [-0.25, -0.2) is 0 Å². The van der Waals surface area contributed by atoms with Crippen LogP contribution >= 0.6 is 11.8 Å². The SMILES string of the molecule is CCCCCCCCCCCCCCCCN(CCCCCCCCCCCCCCCC)c1ccc(C2=C(O)C(=C3N=NC(=[N+](CCCCCCCCCCCCCCCC)CCCCCCCCCCCCCCCC)S3)C2=O)c(NC(C)=O)c1. The Kier molecular flexibility index (Phi) is 50.3. The number of aliphatic hydroxyl groups excluding tert-OH is 1. The van der Waals surface area contributed by atoms with Crippen molar-refractivity contribution >= 4 is 45.6 Å². The molecule has 1 aromatic carbocycles. The normalized spacial score (nSPS) is 14.1. The number of rotatable bonds is 63. The quantitative estimate of drug-likeness (QED) is 0.0385. The van der Waals surface area contributed by atoms with Gasteiger partial charge in [-0.3, -0.25) is 14.2 Å². The van der Waals surface area contributed by atoms with E-state index in [4.69, 9.17) is 5.11 Å². The van der Waals surface area contributed by atoms with Crippen molar-refractivity contribution in [3.8, 4) is 0 Å². The van der Waals surface area contributed by atoms with E-state index >= 15 is 0 Å². The zero-order chi connectivity index (χ0) is 62.3. The van der Waals surface area contributed by atoms with E-state index in [1.807, 2.05) is 12.1 Å². The molecule has 1 aliphatic carbocycles. The molecular formula is C78H140N5O3S+. The lowest BCUT2D eigenvalue weighted by atomic mass is 9.83. The number of carbonyl (C=O) groups excluding carboxylic acids is 2. The first-order valence-electron chi connectivity index (χ1n) is 38.5. The van der Waals surface area contributed by atoms with E-state index in [1.165, 1.54) is 353 Å². The molecule has 2 aliphatic rings. The number of carbonyl (C=O) groups is 2. The molecule has 2 N–H and O–H groups in total. The number of hydrogen-bond acceptors (Lipinski definition) is 6. The number of unbranched alkanes of at least 4 members (excludes halogenated alkanes) is 52. The third kappa shape index (κ3) is 38.5. The van der Waals surface area contributed by atoms with E-state index in [0.717, 1.165) is 62.7 Å². The number of thioether (sulfide) groups is 1. The Morgan fingerprint density at radius 2 is 0.724 bits per heavy atom. The van der Waals surface area contributed by atoms with Crippen LogP contribution in [0.1, 0.15) is 400 Å². The molecule has 3 rings (SSSR count). The third-order valence-corrected chi connectivity index (χ3v) is 19.9. The number of ketones is 1. The summed E-state index contributed by atoms with van der Waals surface area (Å²) < 4.78 is 2.41. The Bertz CT molecular complexity index is 1930. The lowest BCUT2D eigenvalue weighted by Crippen LogP contribution is -2.27. The van der Waals surface area contributed by atoms with Crippen molar-refractivity contribution in [3.05, 3.63) is 40.1 Å². The number of hydrogen-bond donors (Lipinski definition) is 2. The van der Waals surface area contributed by atoms with Crippen LogP contribution in [0.3, 0.4) is 0 Å². The second-order valence-corrected chi connectivity index (χ2v) is 28.0. The van der Waals surface area contributed by atoms with Crippen LogP contribution in [0.5, 0.6) is 0 Å². The summed E-state index contributed by atoms with van der Waals surface area (Å²) in [5.41, 5.74) is 2.71. The maximum absolute atomic E-state index is 14.3. The van der Waals surface area contributed by atoms with E-state index in [0.29, 0.717) is 16.3 Å². The highest BCUT2D eigenvalue weighted by Crippen LogP contribution is 2.45. The monoisotopic (exact) mass is 1230 g/mol. The number of Topliss-reactive ketones (excluding diaryl/α,β-unsaturated/α-hetero) is 1. The highest BCUT2D eigenvalue weighted by atomic mass is 32.2. The van der Waals surface area contributed by atoms with Gasteiger partial charge < -0.3 is 15.3 Å². The predicted molar refractivity (Wildman–Crippen MR) is 383 cm³/mol. The van der Waals surface area contributed by atoms with Crippen molar-refractivity contribution in [2.75, 3.05) is 36.4 Å². The third-order valence-electron chi connectivity index (χ3n) is 18.9. The van der Waals surface area contributed by atoms with Gasteiger partial charge in [-0.2, -0.15) is 0 Å². The van der Waals surface area contributed by atoms with Crippen LogP contribution in [0.4, 0.5) is 11.4 Å². The van der Waals surface area contributed by atoms with Gasteiger partial charge in [0.05, 0.1) is 29.5 Å². The van der Waals surface area contributed by atoms with Crippen molar-refractivity contribution in [1.29, 1.82) is 0 Å². The Morgan fingerprint density at radius 1 is 0.425 bits per heavy atom. The number of amides is 1. The second kappa shape index (κ2) is 55.9. The minimum absolute atomic E-state index is 0.0470. The van der Waals surface area contributed by atoms with Crippen LogP contribution in [0.25, 0.3) is 5.57 Å². The minimum Gasteiger partial charge on any atom is -0.506 e. The van der Waals surface area contributed by atoms with Crippen molar-refractivity contribution < 1.29 is 19.3 Å². The first-order valence-corrected chi connectivity index (χ1v) is 39.3. The maximum atomic E-state index is 14.3. The average molecular weight is 1230 g/mol. The van der Waals surface area contributed by atoms with Crippen molar-refractivity contribution in [2.45, 2.75) is 394 Å². The number of benzene rings is 1. The average Bonchev–Trinajstić information content (AvgIpc) is 1.69. The number of nitrogens with one attached hydrogen (secondary N) is 1. The van der Waals surface area contributed by atoms with E-state index in [1.54, 1.807) is 0 Å². The van der Waals surface area contributed by atoms with Gasteiger partial charge in [-0.05, 0) is 61.8 Å². The molecule has 0 radical (unpaired) electrons. The van der Waals surface area contributed by atoms with Gasteiger partial charge in [0, 0.05) is 43.0 Å². The molecular weight excluding hydrogens is 1090 g/mol. The maximum Gasteiger partial charge on any atom is 0.387 e. The van der Waals surface area contributed by atoms with Crippen molar-refractivity contribution in [1.82, 2.24) is 0 Å². The summed E-state index contributed by atoms with van der Waals surface area (Å²) in [5.74, 6) is -0.475. The fraction of sp³-hybridized carbons (Fsp3) is 0.833. The second-order valence-electron chi connectivity index (χ2n) is 27.1. The van der Waals surface area contributed by atoms with Gasteiger partial charge in [-0.1, -0.05) is 349 Å². The number of nitrogens with zero attached hydrogens (tertiary/aromatic N) is 4. The van der Waals surface area contributed by atoms with Crippen molar-refractivity contribution in [3.63, 3.8) is 0 Å². The van der Waals surface area contributed by atoms with Crippen LogP contribution < -0.4 is 10.2 Å². The molecule has 9 heteroatoms. The molecule has 0 spiro atoms. The summed E-state index contributed by atoms with van der Waals surface area (Å²) in [6, 6.07) is 6.10. The molecule has 87 heavy (non-hydrogen) atoms. The van der Waals surface area contributed by atoms with E-state index in [2.05, 4.69) is 53.7 Å². The smallest absolute Gasteiger partial charge is 0.387 e. The number of azo groups is 1. The standard InChI is InChI=1S/C78H139N5O3S/c1-6-10-14-18-22-26-30-34-38-42-46-50-54-58-64-82(65-59-55-51-47-43-39-35-31-27-23-19-15-11-7-2)70-62-63-71(72(68-70)79-69(5)84)73-75(85)74(76(73)86)77-80-81-78(87-77)83(66-60-56-52-48-44-40-36-32-28-24-20-16-12-8-3)67-61-57-53-49-45-41-37-33-29-25-21-17-13-9-4/h62-63,68H,6-61,64-67H2,1-5H3,(H,80,85,86)/p+1. The minimum atomic E-state index is -0.235. The Labute approximate surface area is 542 Å². The van der Waals surface area contributed by atoms with E-state index < -0.39 is 0 Å². The van der Waals surface area contributed by atoms with Crippen LogP contribution in [0, 0.1) is 0 Å². The number of amidine groups is 1. The van der Waals surface area contributed by atoms with Crippen LogP contribution in [0.2, 0.25) is 0 Å². The molecule has 1 amide bonds. The molecule has 0 unspecified atom stereocenters. The highest BCUT2D eigenvalue weighted by molar-refractivity contribution is 8.17. The molecule has 1 heterocycles. The number of allylic oxidation sites excluding steroid dienone is 2. The van der Waals surface area contributed by atoms with Gasteiger partial charge in [0.15, 0.2) is 5.03 Å². The Morgan fingerprint density at radius 3 is 1.02 bits per heavy atom. The number of anilines is 2. The van der Waals surface area contributed by atoms with Gasteiger partial charge in [0.2, 0.25) is 11.7 Å². The highest BCUT2D eigenvalue weighted by Gasteiger charge is 2.42. The molecule has 500 valence electrons. The van der Waals surface area contributed by atoms with E-state index in [9.17, 15) is 14.7 Å². The lowest BCUT2D eigenvalue weighted by Gasteiger charge is -2.28. The fourth-order valence-corrected chi connectivity index (χ4v) is 14.1. The molecule has 1 aliphatic heterocycles. The Hall–Kier alpha value is -2.94. The number of aliphatic hydroxyl groups is 1. The molecule has 0 fully saturated rings. The zero-order valence-electron chi connectivity index (χ0n) is 58.1. The Balaban J connectivity index is 1.65. The summed E-state index contributed by atoms with van der Waals surface area (Å²) in [6.45, 7) is 14.5. The molecule has 0 bridgehead atoms. The summed E-state index contributed by atoms with van der Waals surface area (Å²) in [7, 11) is 0. The molecule has 0 saturated heterocycles. The molecule has 1 aromatic rings. The van der Waals surface area contributed by atoms with Gasteiger partial charge in [0.1, 0.15) is 11.3 Å². The summed E-state index contributed by atoms with van der Waals surface area (Å²) in [4.78, 5) is 29.7. The van der Waals surface area contributed by atoms with Gasteiger partial charge >= 0.3 is 5.17 Å². The fourth-order valence-electron chi connectivity index (χ4n) is 13.2. The van der Waals surface area contributed by atoms with E-state index in [-0.39, 0.29) is 28.6 Å². The molecule has 0 aromatic heterocycles. The van der Waals surface area contributed by atoms with Crippen LogP contribution in [-0.2, 0) is 9.59 Å². The van der Waals surface area contributed by atoms with Gasteiger partial charge in [0.25, 0.3) is 0 Å². The first-order chi connectivity index (χ1) is 42.9. The van der Waals surface area contributed by atoms with Crippen LogP contribution in [0.15, 0.2) is 44.8 Å². The first kappa shape index (κ1) is 78.3. The summed E-state index contributed by atoms with van der Waals surface area (Å²) in [5, 5.41) is 25.5. The molecule has 0 atom stereocenters. The molecule has 8 nitrogen and oxygen atoms in total. The van der Waals surface area contributed by atoms with Gasteiger partial charge in [-0.15, -0.1) is 0 Å². The molecule has 0 saturated carbocycles.